The van der Waals surface area contributed by atoms with Crippen molar-refractivity contribution in [3.8, 4) is 10.4 Å². The standard InChI is InChI=1S/C17H12ClN3OS/c18-12-5-3-11(4-6-12)15-8-14-16(23-15)9-19-21-17(14)20-13-2-1-7-22-10-13/h1-9H,10H2,(H,20,21). The lowest BCUT2D eigenvalue weighted by Gasteiger charge is -2.12. The van der Waals surface area contributed by atoms with Crippen molar-refractivity contribution >= 4 is 38.8 Å². The average molecular weight is 342 g/mol. The molecule has 0 bridgehead atoms. The van der Waals surface area contributed by atoms with Gasteiger partial charge in [0.1, 0.15) is 6.61 Å². The minimum absolute atomic E-state index is 0.503. The third-order valence-corrected chi connectivity index (χ3v) is 4.84. The Balaban J connectivity index is 1.73. The summed E-state index contributed by atoms with van der Waals surface area (Å²) in [6.07, 6.45) is 7.28. The lowest BCUT2D eigenvalue weighted by atomic mass is 10.2. The monoisotopic (exact) mass is 341 g/mol. The molecule has 0 atom stereocenters. The minimum Gasteiger partial charge on any atom is -0.495 e. The first-order valence-electron chi connectivity index (χ1n) is 7.05. The summed E-state index contributed by atoms with van der Waals surface area (Å²) in [6, 6.07) is 9.95. The Hall–Kier alpha value is -2.37. The number of allylic oxidation sites excluding steroid dienone is 2. The van der Waals surface area contributed by atoms with Gasteiger partial charge in [-0.05, 0) is 35.9 Å². The van der Waals surface area contributed by atoms with Crippen LogP contribution in [0.3, 0.4) is 0 Å². The molecular weight excluding hydrogens is 330 g/mol. The van der Waals surface area contributed by atoms with E-state index in [2.05, 4.69) is 21.6 Å². The fraction of sp³-hybridized carbons (Fsp3) is 0.0588. The van der Waals surface area contributed by atoms with Crippen LogP contribution in [-0.4, -0.2) is 16.8 Å². The first-order valence-corrected chi connectivity index (χ1v) is 8.24. The van der Waals surface area contributed by atoms with Crippen LogP contribution in [0.25, 0.3) is 20.5 Å². The van der Waals surface area contributed by atoms with E-state index in [1.54, 1.807) is 23.8 Å². The van der Waals surface area contributed by atoms with Gasteiger partial charge in [0.05, 0.1) is 22.9 Å². The highest BCUT2D eigenvalue weighted by Crippen LogP contribution is 2.36. The number of nitrogens with one attached hydrogen (secondary N) is 1. The Kier molecular flexibility index (Phi) is 3.73. The predicted octanol–water partition coefficient (Wildman–Crippen LogP) is 4.85. The number of hydrogen-bond acceptors (Lipinski definition) is 5. The second-order valence-electron chi connectivity index (χ2n) is 5.05. The van der Waals surface area contributed by atoms with Gasteiger partial charge in [-0.2, -0.15) is 5.10 Å². The van der Waals surface area contributed by atoms with Crippen molar-refractivity contribution in [1.29, 1.82) is 0 Å². The van der Waals surface area contributed by atoms with Crippen LogP contribution in [0.1, 0.15) is 0 Å². The van der Waals surface area contributed by atoms with E-state index in [-0.39, 0.29) is 0 Å². The zero-order valence-electron chi connectivity index (χ0n) is 12.0. The van der Waals surface area contributed by atoms with Gasteiger partial charge in [-0.1, -0.05) is 23.7 Å². The van der Waals surface area contributed by atoms with Crippen LogP contribution >= 0.6 is 22.9 Å². The van der Waals surface area contributed by atoms with E-state index in [9.17, 15) is 0 Å². The molecule has 1 aliphatic rings. The Bertz CT molecular complexity index is 915. The molecule has 0 fully saturated rings. The van der Waals surface area contributed by atoms with Gasteiger partial charge in [0, 0.05) is 15.3 Å². The van der Waals surface area contributed by atoms with E-state index in [0.29, 0.717) is 6.61 Å². The van der Waals surface area contributed by atoms with Crippen molar-refractivity contribution in [1.82, 2.24) is 10.2 Å². The quantitative estimate of drug-likeness (QED) is 0.739. The Morgan fingerprint density at radius 1 is 1.22 bits per heavy atom. The number of nitrogens with zero attached hydrogens (tertiary/aromatic N) is 2. The molecule has 6 heteroatoms. The molecule has 3 aromatic rings. The first-order chi connectivity index (χ1) is 11.3. The average Bonchev–Trinajstić information content (AvgIpc) is 3.02. The van der Waals surface area contributed by atoms with Gasteiger partial charge in [0.15, 0.2) is 5.82 Å². The van der Waals surface area contributed by atoms with Crippen molar-refractivity contribution in [3.05, 3.63) is 65.7 Å². The number of ether oxygens (including phenoxy) is 1. The molecular formula is C17H12ClN3OS. The Morgan fingerprint density at radius 3 is 2.87 bits per heavy atom. The Labute approximate surface area is 142 Å². The lowest BCUT2D eigenvalue weighted by molar-refractivity contribution is 0.277. The summed E-state index contributed by atoms with van der Waals surface area (Å²) >= 11 is 7.64. The maximum Gasteiger partial charge on any atom is 0.161 e. The van der Waals surface area contributed by atoms with Crippen LogP contribution in [0.15, 0.2) is 60.6 Å². The van der Waals surface area contributed by atoms with Crippen molar-refractivity contribution in [2.75, 3.05) is 11.9 Å². The fourth-order valence-corrected chi connectivity index (χ4v) is 3.51. The zero-order chi connectivity index (χ0) is 15.6. The molecule has 114 valence electrons. The highest BCUT2D eigenvalue weighted by molar-refractivity contribution is 7.22. The van der Waals surface area contributed by atoms with Crippen molar-refractivity contribution in [2.24, 2.45) is 0 Å². The summed E-state index contributed by atoms with van der Waals surface area (Å²) in [5, 5.41) is 13.4. The molecule has 0 radical (unpaired) electrons. The minimum atomic E-state index is 0.503. The van der Waals surface area contributed by atoms with Gasteiger partial charge in [-0.3, -0.25) is 0 Å². The summed E-state index contributed by atoms with van der Waals surface area (Å²) in [6.45, 7) is 0.503. The molecule has 0 saturated heterocycles. The first kappa shape index (κ1) is 14.2. The smallest absolute Gasteiger partial charge is 0.161 e. The molecule has 0 amide bonds. The molecule has 4 nitrogen and oxygen atoms in total. The van der Waals surface area contributed by atoms with Gasteiger partial charge < -0.3 is 10.1 Å². The molecule has 0 spiro atoms. The molecule has 1 aromatic carbocycles. The normalized spacial score (nSPS) is 13.7. The fourth-order valence-electron chi connectivity index (χ4n) is 2.35. The predicted molar refractivity (Wildman–Crippen MR) is 94.7 cm³/mol. The van der Waals surface area contributed by atoms with E-state index in [1.807, 2.05) is 36.4 Å². The summed E-state index contributed by atoms with van der Waals surface area (Å²) < 4.78 is 6.37. The largest absolute Gasteiger partial charge is 0.495 e. The molecule has 1 aliphatic heterocycles. The van der Waals surface area contributed by atoms with Gasteiger partial charge in [0.2, 0.25) is 0 Å². The van der Waals surface area contributed by atoms with Crippen molar-refractivity contribution in [3.63, 3.8) is 0 Å². The molecule has 0 saturated carbocycles. The number of halogens is 1. The topological polar surface area (TPSA) is 47.0 Å². The summed E-state index contributed by atoms with van der Waals surface area (Å²) in [4.78, 5) is 1.16. The van der Waals surface area contributed by atoms with E-state index < -0.39 is 0 Å². The van der Waals surface area contributed by atoms with Gasteiger partial charge >= 0.3 is 0 Å². The summed E-state index contributed by atoms with van der Waals surface area (Å²) in [5.41, 5.74) is 2.08. The van der Waals surface area contributed by atoms with Gasteiger partial charge in [-0.15, -0.1) is 16.4 Å². The van der Waals surface area contributed by atoms with Crippen LogP contribution < -0.4 is 5.32 Å². The van der Waals surface area contributed by atoms with Gasteiger partial charge in [0.25, 0.3) is 0 Å². The SMILES string of the molecule is Clc1ccc(-c2cc3c(NC4=CC=COC4)nncc3s2)cc1. The number of anilines is 1. The molecule has 3 heterocycles. The maximum absolute atomic E-state index is 5.96. The number of thiophene rings is 1. The van der Waals surface area contributed by atoms with Crippen molar-refractivity contribution < 1.29 is 4.74 Å². The second kappa shape index (κ2) is 6.02. The number of fused-ring (bicyclic) bond motifs is 1. The number of aromatic nitrogens is 2. The Morgan fingerprint density at radius 2 is 2.09 bits per heavy atom. The van der Waals surface area contributed by atoms with Crippen LogP contribution in [0.5, 0.6) is 0 Å². The van der Waals surface area contributed by atoms with Crippen LogP contribution in [0.4, 0.5) is 5.82 Å². The molecule has 23 heavy (non-hydrogen) atoms. The summed E-state index contributed by atoms with van der Waals surface area (Å²) in [5.74, 6) is 0.740. The number of benzene rings is 1. The van der Waals surface area contributed by atoms with E-state index >= 15 is 0 Å². The molecule has 4 rings (SSSR count). The third-order valence-electron chi connectivity index (χ3n) is 3.47. The van der Waals surface area contributed by atoms with Crippen LogP contribution in [0, 0.1) is 0 Å². The molecule has 2 aromatic heterocycles. The second-order valence-corrected chi connectivity index (χ2v) is 6.57. The highest BCUT2D eigenvalue weighted by atomic mass is 35.5. The van der Waals surface area contributed by atoms with Crippen LogP contribution in [0.2, 0.25) is 5.02 Å². The van der Waals surface area contributed by atoms with E-state index in [4.69, 9.17) is 16.3 Å². The maximum atomic E-state index is 5.96. The number of rotatable bonds is 3. The van der Waals surface area contributed by atoms with E-state index in [0.717, 1.165) is 37.1 Å². The molecule has 0 unspecified atom stereocenters. The van der Waals surface area contributed by atoms with Gasteiger partial charge in [-0.25, -0.2) is 0 Å². The van der Waals surface area contributed by atoms with Crippen LogP contribution in [-0.2, 0) is 4.74 Å². The third kappa shape index (κ3) is 2.93. The van der Waals surface area contributed by atoms with Crippen molar-refractivity contribution in [2.45, 2.75) is 0 Å². The number of hydrogen-bond donors (Lipinski definition) is 1. The van der Waals surface area contributed by atoms with E-state index in [1.165, 1.54) is 0 Å². The lowest BCUT2D eigenvalue weighted by Crippen LogP contribution is -2.09. The zero-order valence-corrected chi connectivity index (χ0v) is 13.6. The molecule has 1 N–H and O–H groups in total. The highest BCUT2D eigenvalue weighted by Gasteiger charge is 2.11. The summed E-state index contributed by atoms with van der Waals surface area (Å²) in [7, 11) is 0. The molecule has 0 aliphatic carbocycles.